The van der Waals surface area contributed by atoms with Crippen molar-refractivity contribution in [1.29, 1.82) is 0 Å². The Morgan fingerprint density at radius 3 is 3.00 bits per heavy atom. The summed E-state index contributed by atoms with van der Waals surface area (Å²) in [5, 5.41) is 2.82. The summed E-state index contributed by atoms with van der Waals surface area (Å²) in [6.07, 6.45) is 3.01. The van der Waals surface area contributed by atoms with Crippen LogP contribution in [0.1, 0.15) is 5.69 Å². The molecular weight excluding hydrogens is 339 g/mol. The summed E-state index contributed by atoms with van der Waals surface area (Å²) in [6.45, 7) is 0. The van der Waals surface area contributed by atoms with E-state index in [0.29, 0.717) is 17.3 Å². The zero-order valence-corrected chi connectivity index (χ0v) is 10.8. The first-order valence-electron chi connectivity index (χ1n) is 4.12. The molecule has 0 saturated heterocycles. The third kappa shape index (κ3) is 2.65. The molecule has 2 aromatic heterocycles. The second kappa shape index (κ2) is 5.18. The van der Waals surface area contributed by atoms with Gasteiger partial charge in [0.25, 0.3) is 0 Å². The van der Waals surface area contributed by atoms with E-state index < -0.39 is 0 Å². The van der Waals surface area contributed by atoms with Crippen LogP contribution in [0.5, 0.6) is 0 Å². The summed E-state index contributed by atoms with van der Waals surface area (Å²) in [6, 6.07) is 1.68. The van der Waals surface area contributed by atoms with Gasteiger partial charge in [0.05, 0.1) is 6.20 Å². The molecule has 2 rings (SSSR count). The van der Waals surface area contributed by atoms with Crippen molar-refractivity contribution in [3.8, 4) is 22.8 Å². The molecule has 2 heterocycles. The van der Waals surface area contributed by atoms with Gasteiger partial charge in [-0.2, -0.15) is 0 Å². The Balaban J connectivity index is 2.44. The molecule has 0 aliphatic heterocycles. The first-order valence-corrected chi connectivity index (χ1v) is 7.48. The Labute approximate surface area is 108 Å². The number of nitrogen functional groups attached to an aromatic ring is 1. The predicted octanol–water partition coefficient (Wildman–Crippen LogP) is 2.11. The van der Waals surface area contributed by atoms with Crippen molar-refractivity contribution in [1.82, 2.24) is 15.0 Å². The zero-order chi connectivity index (χ0) is 11.4. The molecule has 2 N–H and O–H groups in total. The lowest BCUT2D eigenvalue weighted by Crippen LogP contribution is -1.98. The van der Waals surface area contributed by atoms with Crippen LogP contribution >= 0.6 is 30.1 Å². The summed E-state index contributed by atoms with van der Waals surface area (Å²) in [5.74, 6) is 3.40. The van der Waals surface area contributed by atoms with E-state index in [0.717, 1.165) is 0 Å². The number of hydrogen-bond acceptors (Lipinski definition) is 6. The van der Waals surface area contributed by atoms with Gasteiger partial charge in [-0.1, -0.05) is 0 Å². The van der Waals surface area contributed by atoms with E-state index in [1.807, 2.05) is 0 Å². The standard InChI is InChI=1S/C9H5IN4OS/c10-16-4-1-6-5-7(14-9(11)13-6)8-12-2-3-15-8/h2-3,5H,(H2,11,13,14). The Bertz CT molecular complexity index is 546. The number of nitrogens with zero attached hydrogens (tertiary/aromatic N) is 3. The number of halogens is 1. The predicted molar refractivity (Wildman–Crippen MR) is 70.4 cm³/mol. The molecule has 0 bridgehead atoms. The van der Waals surface area contributed by atoms with Gasteiger partial charge < -0.3 is 10.2 Å². The second-order valence-corrected chi connectivity index (χ2v) is 4.32. The van der Waals surface area contributed by atoms with Crippen molar-refractivity contribution < 1.29 is 4.42 Å². The molecule has 0 atom stereocenters. The highest BCUT2D eigenvalue weighted by Gasteiger charge is 2.07. The topological polar surface area (TPSA) is 77.8 Å². The monoisotopic (exact) mass is 344 g/mol. The van der Waals surface area contributed by atoms with Gasteiger partial charge in [-0.3, -0.25) is 0 Å². The van der Waals surface area contributed by atoms with E-state index in [9.17, 15) is 0 Å². The van der Waals surface area contributed by atoms with Crippen molar-refractivity contribution in [2.45, 2.75) is 0 Å². The second-order valence-electron chi connectivity index (χ2n) is 2.64. The SMILES string of the molecule is Nc1nc(C#CSI)cc(-c2ncco2)n1. The van der Waals surface area contributed by atoms with Crippen LogP contribution in [0.4, 0.5) is 5.95 Å². The quantitative estimate of drug-likeness (QED) is 0.631. The summed E-state index contributed by atoms with van der Waals surface area (Å²) in [4.78, 5) is 12.0. The van der Waals surface area contributed by atoms with Crippen LogP contribution in [0.2, 0.25) is 0 Å². The molecule has 0 fully saturated rings. The Kier molecular flexibility index (Phi) is 3.63. The summed E-state index contributed by atoms with van der Waals surface area (Å²) in [5.41, 5.74) is 6.64. The zero-order valence-electron chi connectivity index (χ0n) is 7.85. The number of aromatic nitrogens is 3. The largest absolute Gasteiger partial charge is 0.443 e. The van der Waals surface area contributed by atoms with Gasteiger partial charge in [0.1, 0.15) is 17.7 Å². The van der Waals surface area contributed by atoms with Gasteiger partial charge in [-0.25, -0.2) is 15.0 Å². The van der Waals surface area contributed by atoms with Gasteiger partial charge in [0.2, 0.25) is 11.8 Å². The van der Waals surface area contributed by atoms with Crippen molar-refractivity contribution in [3.05, 3.63) is 24.2 Å². The molecule has 0 spiro atoms. The number of nitrogens with two attached hydrogens (primary N) is 1. The Morgan fingerprint density at radius 2 is 2.31 bits per heavy atom. The van der Waals surface area contributed by atoms with E-state index in [1.54, 1.807) is 12.3 Å². The van der Waals surface area contributed by atoms with E-state index in [-0.39, 0.29) is 5.95 Å². The van der Waals surface area contributed by atoms with Crippen molar-refractivity contribution in [2.75, 3.05) is 5.73 Å². The molecule has 0 aromatic carbocycles. The van der Waals surface area contributed by atoms with Gasteiger partial charge >= 0.3 is 0 Å². The van der Waals surface area contributed by atoms with Crippen molar-refractivity contribution in [3.63, 3.8) is 0 Å². The lowest BCUT2D eigenvalue weighted by molar-refractivity contribution is 0.572. The molecule has 80 valence electrons. The van der Waals surface area contributed by atoms with Gasteiger partial charge in [0.15, 0.2) is 0 Å². The molecule has 0 saturated carbocycles. The maximum absolute atomic E-state index is 5.57. The third-order valence-electron chi connectivity index (χ3n) is 1.61. The van der Waals surface area contributed by atoms with Crippen LogP contribution in [-0.4, -0.2) is 15.0 Å². The smallest absolute Gasteiger partial charge is 0.245 e. The number of hydrogen-bond donors (Lipinski definition) is 1. The van der Waals surface area contributed by atoms with Crippen LogP contribution in [0.3, 0.4) is 0 Å². The average molecular weight is 344 g/mol. The number of anilines is 1. The third-order valence-corrected chi connectivity index (χ3v) is 2.45. The molecule has 0 radical (unpaired) electrons. The van der Waals surface area contributed by atoms with Gasteiger partial charge in [-0.05, 0) is 20.1 Å². The minimum absolute atomic E-state index is 0.151. The summed E-state index contributed by atoms with van der Waals surface area (Å²) >= 11 is 2.08. The minimum Gasteiger partial charge on any atom is -0.443 e. The highest BCUT2D eigenvalue weighted by Crippen LogP contribution is 2.16. The maximum Gasteiger partial charge on any atom is 0.245 e. The fraction of sp³-hybridized carbons (Fsp3) is 0. The van der Waals surface area contributed by atoms with E-state index >= 15 is 0 Å². The fourth-order valence-electron chi connectivity index (χ4n) is 1.06. The normalized spacial score (nSPS) is 9.56. The first-order chi connectivity index (χ1) is 7.79. The highest BCUT2D eigenvalue weighted by atomic mass is 127. The van der Waals surface area contributed by atoms with E-state index in [2.05, 4.69) is 47.3 Å². The minimum atomic E-state index is 0.151. The van der Waals surface area contributed by atoms with Crippen molar-refractivity contribution >= 4 is 36.1 Å². The van der Waals surface area contributed by atoms with Crippen LogP contribution in [0.25, 0.3) is 11.6 Å². The molecule has 0 aliphatic rings. The van der Waals surface area contributed by atoms with Crippen LogP contribution in [-0.2, 0) is 0 Å². The first kappa shape index (κ1) is 11.2. The molecule has 5 nitrogen and oxygen atoms in total. The van der Waals surface area contributed by atoms with Crippen LogP contribution < -0.4 is 5.73 Å². The molecule has 7 heteroatoms. The average Bonchev–Trinajstić information content (AvgIpc) is 2.79. The fourth-order valence-corrected chi connectivity index (χ4v) is 1.53. The molecule has 0 amide bonds. The molecular formula is C9H5IN4OS. The lowest BCUT2D eigenvalue weighted by atomic mass is 10.3. The molecule has 0 aliphatic carbocycles. The van der Waals surface area contributed by atoms with Crippen molar-refractivity contribution in [2.24, 2.45) is 0 Å². The highest BCUT2D eigenvalue weighted by molar-refractivity contribution is 14.2. The Hall–Kier alpha value is -1.27. The summed E-state index contributed by atoms with van der Waals surface area (Å²) < 4.78 is 5.12. The van der Waals surface area contributed by atoms with Gasteiger partial charge in [0, 0.05) is 27.3 Å². The number of oxazole rings is 1. The van der Waals surface area contributed by atoms with E-state index in [1.165, 1.54) is 15.2 Å². The number of rotatable bonds is 1. The lowest BCUT2D eigenvalue weighted by Gasteiger charge is -1.97. The Morgan fingerprint density at radius 1 is 1.44 bits per heavy atom. The molecule has 0 unspecified atom stereocenters. The maximum atomic E-state index is 5.57. The van der Waals surface area contributed by atoms with E-state index in [4.69, 9.17) is 10.2 Å². The van der Waals surface area contributed by atoms with Gasteiger partial charge in [-0.15, -0.1) is 0 Å². The van der Waals surface area contributed by atoms with Crippen LogP contribution in [0.15, 0.2) is 22.9 Å². The molecule has 16 heavy (non-hydrogen) atoms. The molecule has 2 aromatic rings. The van der Waals surface area contributed by atoms with Crippen LogP contribution in [0, 0.1) is 11.2 Å². The summed E-state index contributed by atoms with van der Waals surface area (Å²) in [7, 11) is 1.37.